The second kappa shape index (κ2) is 4.66. The van der Waals surface area contributed by atoms with Gasteiger partial charge in [-0.15, -0.1) is 0 Å². The van der Waals surface area contributed by atoms with Gasteiger partial charge in [-0.05, 0) is 51.8 Å². The van der Waals surface area contributed by atoms with Gasteiger partial charge >= 0.3 is 0 Å². The summed E-state index contributed by atoms with van der Waals surface area (Å²) >= 11 is 0. The predicted molar refractivity (Wildman–Crippen MR) is 78.9 cm³/mol. The fourth-order valence-corrected chi connectivity index (χ4v) is 4.00. The molecule has 2 atom stereocenters. The van der Waals surface area contributed by atoms with Gasteiger partial charge in [0.25, 0.3) is 0 Å². The Morgan fingerprint density at radius 1 is 1.05 bits per heavy atom. The van der Waals surface area contributed by atoms with Gasteiger partial charge in [-0.3, -0.25) is 0 Å². The summed E-state index contributed by atoms with van der Waals surface area (Å²) in [6.07, 6.45) is 5.12. The maximum atomic E-state index is 6.18. The quantitative estimate of drug-likeness (QED) is 0.853. The molecule has 0 radical (unpaired) electrons. The van der Waals surface area contributed by atoms with Gasteiger partial charge in [0.05, 0.1) is 0 Å². The second-order valence-corrected chi connectivity index (χ2v) is 6.54. The number of hydrogen-bond acceptors (Lipinski definition) is 3. The number of hydrogen-bond donors (Lipinski definition) is 1. The number of ether oxygens (including phenoxy) is 2. The third-order valence-electron chi connectivity index (χ3n) is 4.86. The van der Waals surface area contributed by atoms with E-state index in [-0.39, 0.29) is 0 Å². The smallest absolute Gasteiger partial charge is 0.127 e. The van der Waals surface area contributed by atoms with Gasteiger partial charge in [-0.2, -0.15) is 0 Å². The lowest BCUT2D eigenvalue weighted by molar-refractivity contribution is 0.249. The van der Waals surface area contributed by atoms with Crippen LogP contribution in [0.3, 0.4) is 0 Å². The van der Waals surface area contributed by atoms with Gasteiger partial charge in [0.1, 0.15) is 23.7 Å². The third kappa shape index (κ3) is 1.91. The highest BCUT2D eigenvalue weighted by Crippen LogP contribution is 2.48. The van der Waals surface area contributed by atoms with Crippen molar-refractivity contribution in [2.45, 2.75) is 57.7 Å². The molecular formula is C17H23NO2. The van der Waals surface area contributed by atoms with E-state index in [9.17, 15) is 0 Å². The van der Waals surface area contributed by atoms with E-state index in [1.165, 1.54) is 35.3 Å². The first-order valence-electron chi connectivity index (χ1n) is 7.95. The summed E-state index contributed by atoms with van der Waals surface area (Å²) in [5, 5.41) is 3.47. The van der Waals surface area contributed by atoms with Crippen LogP contribution in [0.2, 0.25) is 0 Å². The van der Waals surface area contributed by atoms with Crippen molar-refractivity contribution in [1.29, 1.82) is 0 Å². The SMILES string of the molecule is CC1Cc2c(cc3c(c2C2CCNCC2)OC(C)C3)O1. The Bertz CT molecular complexity index is 498. The van der Waals surface area contributed by atoms with Crippen molar-refractivity contribution in [3.63, 3.8) is 0 Å². The molecule has 4 rings (SSSR count). The van der Waals surface area contributed by atoms with Crippen LogP contribution in [0.25, 0.3) is 0 Å². The number of fused-ring (bicyclic) bond motifs is 2. The summed E-state index contributed by atoms with van der Waals surface area (Å²) in [4.78, 5) is 0. The van der Waals surface area contributed by atoms with E-state index in [0.29, 0.717) is 18.1 Å². The summed E-state index contributed by atoms with van der Waals surface area (Å²) in [6, 6.07) is 2.24. The average Bonchev–Trinajstić information content (AvgIpc) is 2.97. The minimum Gasteiger partial charge on any atom is -0.490 e. The number of piperidine rings is 1. The van der Waals surface area contributed by atoms with Gasteiger partial charge in [-0.25, -0.2) is 0 Å². The summed E-state index contributed by atoms with van der Waals surface area (Å²) in [7, 11) is 0. The fourth-order valence-electron chi connectivity index (χ4n) is 4.00. The summed E-state index contributed by atoms with van der Waals surface area (Å²) in [5.74, 6) is 2.96. The first kappa shape index (κ1) is 12.5. The molecule has 20 heavy (non-hydrogen) atoms. The molecule has 1 aromatic carbocycles. The zero-order chi connectivity index (χ0) is 13.7. The van der Waals surface area contributed by atoms with E-state index in [1.807, 2.05) is 0 Å². The molecule has 1 fully saturated rings. The Morgan fingerprint density at radius 3 is 2.60 bits per heavy atom. The Hall–Kier alpha value is -1.22. The van der Waals surface area contributed by atoms with Crippen LogP contribution in [0.5, 0.6) is 11.5 Å². The molecule has 108 valence electrons. The van der Waals surface area contributed by atoms with Crippen LogP contribution in [0, 0.1) is 0 Å². The molecule has 0 bridgehead atoms. The highest BCUT2D eigenvalue weighted by Gasteiger charge is 2.34. The highest BCUT2D eigenvalue weighted by atomic mass is 16.5. The van der Waals surface area contributed by atoms with E-state index < -0.39 is 0 Å². The minimum absolute atomic E-state index is 0.311. The first-order chi connectivity index (χ1) is 9.72. The topological polar surface area (TPSA) is 30.5 Å². The molecule has 0 aromatic heterocycles. The molecule has 0 spiro atoms. The van der Waals surface area contributed by atoms with Crippen LogP contribution in [0.15, 0.2) is 6.07 Å². The molecule has 3 heteroatoms. The number of benzene rings is 1. The van der Waals surface area contributed by atoms with Crippen LogP contribution >= 0.6 is 0 Å². The molecular weight excluding hydrogens is 250 g/mol. The standard InChI is InChI=1S/C17H23NO2/c1-10-7-13-9-15-14(8-11(2)19-15)16(17(13)20-10)12-3-5-18-6-4-12/h9-12,18H,3-8H2,1-2H3. The average molecular weight is 273 g/mol. The molecule has 3 nitrogen and oxygen atoms in total. The second-order valence-electron chi connectivity index (χ2n) is 6.54. The van der Waals surface area contributed by atoms with Crippen molar-refractivity contribution >= 4 is 0 Å². The van der Waals surface area contributed by atoms with Crippen LogP contribution < -0.4 is 14.8 Å². The maximum absolute atomic E-state index is 6.18. The number of rotatable bonds is 1. The molecule has 1 N–H and O–H groups in total. The van der Waals surface area contributed by atoms with Crippen molar-refractivity contribution in [3.8, 4) is 11.5 Å². The Kier molecular flexibility index (Phi) is 2.92. The van der Waals surface area contributed by atoms with E-state index in [4.69, 9.17) is 9.47 Å². The normalized spacial score (nSPS) is 28.7. The highest BCUT2D eigenvalue weighted by molar-refractivity contribution is 5.58. The summed E-state index contributed by atoms with van der Waals surface area (Å²) in [5.41, 5.74) is 4.27. The molecule has 0 saturated carbocycles. The molecule has 1 aromatic rings. The van der Waals surface area contributed by atoms with Gasteiger partial charge in [0.15, 0.2) is 0 Å². The van der Waals surface area contributed by atoms with Crippen LogP contribution in [-0.2, 0) is 12.8 Å². The van der Waals surface area contributed by atoms with E-state index in [1.54, 1.807) is 0 Å². The largest absolute Gasteiger partial charge is 0.490 e. The third-order valence-corrected chi connectivity index (χ3v) is 4.86. The zero-order valence-corrected chi connectivity index (χ0v) is 12.4. The van der Waals surface area contributed by atoms with Gasteiger partial charge in [-0.1, -0.05) is 0 Å². The van der Waals surface area contributed by atoms with Gasteiger partial charge in [0.2, 0.25) is 0 Å². The van der Waals surface area contributed by atoms with Crippen LogP contribution in [-0.4, -0.2) is 25.3 Å². The lowest BCUT2D eigenvalue weighted by atomic mass is 9.84. The van der Waals surface area contributed by atoms with Crippen molar-refractivity contribution in [1.82, 2.24) is 5.32 Å². The summed E-state index contributed by atoms with van der Waals surface area (Å²) < 4.78 is 12.2. The van der Waals surface area contributed by atoms with Crippen LogP contribution in [0.4, 0.5) is 0 Å². The lowest BCUT2D eigenvalue weighted by Crippen LogP contribution is -2.27. The van der Waals surface area contributed by atoms with Crippen LogP contribution in [0.1, 0.15) is 49.3 Å². The Morgan fingerprint density at radius 2 is 1.80 bits per heavy atom. The molecule has 2 unspecified atom stereocenters. The lowest BCUT2D eigenvalue weighted by Gasteiger charge is -2.26. The van der Waals surface area contributed by atoms with Crippen molar-refractivity contribution in [2.75, 3.05) is 13.1 Å². The molecule has 1 saturated heterocycles. The van der Waals surface area contributed by atoms with Gasteiger partial charge in [0, 0.05) is 29.5 Å². The van der Waals surface area contributed by atoms with Crippen molar-refractivity contribution < 1.29 is 9.47 Å². The number of nitrogens with one attached hydrogen (secondary N) is 1. The molecule has 3 aliphatic rings. The zero-order valence-electron chi connectivity index (χ0n) is 12.4. The Labute approximate surface area is 120 Å². The van der Waals surface area contributed by atoms with E-state index in [2.05, 4.69) is 25.2 Å². The first-order valence-corrected chi connectivity index (χ1v) is 7.95. The monoisotopic (exact) mass is 273 g/mol. The summed E-state index contributed by atoms with van der Waals surface area (Å²) in [6.45, 7) is 6.58. The molecule has 3 heterocycles. The van der Waals surface area contributed by atoms with Crippen molar-refractivity contribution in [2.24, 2.45) is 0 Å². The minimum atomic E-state index is 0.311. The Balaban J connectivity index is 1.83. The van der Waals surface area contributed by atoms with Gasteiger partial charge < -0.3 is 14.8 Å². The molecule has 3 aliphatic heterocycles. The van der Waals surface area contributed by atoms with E-state index >= 15 is 0 Å². The predicted octanol–water partition coefficient (Wildman–Crippen LogP) is 2.80. The maximum Gasteiger partial charge on any atom is 0.127 e. The molecule has 0 aliphatic carbocycles. The molecule has 0 amide bonds. The van der Waals surface area contributed by atoms with E-state index in [0.717, 1.165) is 31.7 Å². The van der Waals surface area contributed by atoms with Crippen molar-refractivity contribution in [3.05, 3.63) is 22.8 Å². The fraction of sp³-hybridized carbons (Fsp3) is 0.647.